The first-order valence-corrected chi connectivity index (χ1v) is 9.36. The molecule has 4 nitrogen and oxygen atoms in total. The first-order chi connectivity index (χ1) is 11.8. The first kappa shape index (κ1) is 15.9. The highest BCUT2D eigenvalue weighted by atomic mass is 79.9. The van der Waals surface area contributed by atoms with Gasteiger partial charge < -0.3 is 19.3 Å². The van der Waals surface area contributed by atoms with Crippen molar-refractivity contribution in [2.24, 2.45) is 0 Å². The fourth-order valence-electron chi connectivity index (χ4n) is 3.56. The van der Waals surface area contributed by atoms with Gasteiger partial charge in [0.25, 0.3) is 0 Å². The number of quaternary nitrogens is 2. The summed E-state index contributed by atoms with van der Waals surface area (Å²) in [6, 6.07) is 14.9. The average Bonchev–Trinajstić information content (AvgIpc) is 3.06. The molecule has 2 aliphatic heterocycles. The highest BCUT2D eigenvalue weighted by molar-refractivity contribution is 9.10. The third kappa shape index (κ3) is 3.58. The lowest BCUT2D eigenvalue weighted by atomic mass is 10.1. The molecule has 2 aromatic rings. The van der Waals surface area contributed by atoms with E-state index >= 15 is 0 Å². The Balaban J connectivity index is 1.31. The summed E-state index contributed by atoms with van der Waals surface area (Å²) in [5, 5.41) is 0. The molecule has 0 bridgehead atoms. The summed E-state index contributed by atoms with van der Waals surface area (Å²) in [6.07, 6.45) is 0. The van der Waals surface area contributed by atoms with Gasteiger partial charge >= 0.3 is 0 Å². The minimum atomic E-state index is 0.350. The van der Waals surface area contributed by atoms with E-state index in [9.17, 15) is 0 Å². The molecule has 2 heterocycles. The maximum Gasteiger partial charge on any atom is 0.231 e. The van der Waals surface area contributed by atoms with Crippen LogP contribution in [-0.2, 0) is 13.1 Å². The van der Waals surface area contributed by atoms with Crippen molar-refractivity contribution in [3.63, 3.8) is 0 Å². The standard InChI is InChI=1S/C19H21BrN2O2/c20-17-4-2-1-3-16(17)13-22-9-7-21(8-10-22)12-15-5-6-18-19(11-15)24-14-23-18/h1-6,11H,7-10,12-14H2/p+2. The van der Waals surface area contributed by atoms with Crippen LogP contribution in [0.25, 0.3) is 0 Å². The van der Waals surface area contributed by atoms with Crippen LogP contribution in [0.3, 0.4) is 0 Å². The first-order valence-electron chi connectivity index (χ1n) is 8.57. The number of hydrogen-bond donors (Lipinski definition) is 2. The van der Waals surface area contributed by atoms with Crippen molar-refractivity contribution in [1.82, 2.24) is 0 Å². The molecule has 5 heteroatoms. The molecule has 0 atom stereocenters. The lowest BCUT2D eigenvalue weighted by molar-refractivity contribution is -1.02. The second-order valence-corrected chi connectivity index (χ2v) is 7.49. The van der Waals surface area contributed by atoms with Crippen molar-refractivity contribution in [3.05, 3.63) is 58.1 Å². The largest absolute Gasteiger partial charge is 0.454 e. The molecular weight excluding hydrogens is 368 g/mol. The Morgan fingerprint density at radius 3 is 2.33 bits per heavy atom. The van der Waals surface area contributed by atoms with Crippen LogP contribution in [-0.4, -0.2) is 33.0 Å². The quantitative estimate of drug-likeness (QED) is 0.802. The summed E-state index contributed by atoms with van der Waals surface area (Å²) in [6.45, 7) is 7.41. The Morgan fingerprint density at radius 1 is 0.833 bits per heavy atom. The fourth-order valence-corrected chi connectivity index (χ4v) is 3.99. The van der Waals surface area contributed by atoms with Gasteiger partial charge in [-0.3, -0.25) is 0 Å². The van der Waals surface area contributed by atoms with Crippen LogP contribution in [0.1, 0.15) is 11.1 Å². The topological polar surface area (TPSA) is 27.3 Å². The van der Waals surface area contributed by atoms with Gasteiger partial charge in [-0.25, -0.2) is 0 Å². The molecule has 0 aliphatic carbocycles. The average molecular weight is 391 g/mol. The Kier molecular flexibility index (Phi) is 4.74. The summed E-state index contributed by atoms with van der Waals surface area (Å²) in [4.78, 5) is 3.33. The van der Waals surface area contributed by atoms with E-state index in [-0.39, 0.29) is 0 Å². The number of fused-ring (bicyclic) bond motifs is 1. The number of rotatable bonds is 4. The van der Waals surface area contributed by atoms with Gasteiger partial charge in [-0.1, -0.05) is 34.1 Å². The van der Waals surface area contributed by atoms with Gasteiger partial charge in [-0.2, -0.15) is 0 Å². The third-order valence-corrected chi connectivity index (χ3v) is 5.73. The van der Waals surface area contributed by atoms with Crippen LogP contribution in [0.15, 0.2) is 46.9 Å². The van der Waals surface area contributed by atoms with E-state index in [0.717, 1.165) is 24.6 Å². The van der Waals surface area contributed by atoms with Crippen molar-refractivity contribution in [1.29, 1.82) is 0 Å². The highest BCUT2D eigenvalue weighted by Crippen LogP contribution is 2.32. The number of benzene rings is 2. The minimum Gasteiger partial charge on any atom is -0.454 e. The molecule has 1 fully saturated rings. The number of nitrogens with one attached hydrogen (secondary N) is 2. The molecule has 0 aromatic heterocycles. The molecule has 0 saturated carbocycles. The minimum absolute atomic E-state index is 0.350. The van der Waals surface area contributed by atoms with Gasteiger partial charge in [0, 0.05) is 15.6 Å². The van der Waals surface area contributed by atoms with E-state index in [4.69, 9.17) is 9.47 Å². The molecule has 2 aromatic carbocycles. The zero-order chi connectivity index (χ0) is 16.4. The van der Waals surface area contributed by atoms with Crippen LogP contribution in [0.2, 0.25) is 0 Å². The van der Waals surface area contributed by atoms with Crippen LogP contribution in [0.4, 0.5) is 0 Å². The number of halogens is 1. The summed E-state index contributed by atoms with van der Waals surface area (Å²) in [7, 11) is 0. The molecule has 0 unspecified atom stereocenters. The lowest BCUT2D eigenvalue weighted by Gasteiger charge is -2.30. The number of ether oxygens (including phenoxy) is 2. The maximum absolute atomic E-state index is 5.48. The van der Waals surface area contributed by atoms with Crippen molar-refractivity contribution < 1.29 is 19.3 Å². The molecule has 0 spiro atoms. The zero-order valence-electron chi connectivity index (χ0n) is 13.7. The van der Waals surface area contributed by atoms with Gasteiger partial charge in [0.05, 0.1) is 0 Å². The molecule has 24 heavy (non-hydrogen) atoms. The highest BCUT2D eigenvalue weighted by Gasteiger charge is 2.24. The summed E-state index contributed by atoms with van der Waals surface area (Å²) in [5.41, 5.74) is 2.75. The number of hydrogen-bond acceptors (Lipinski definition) is 2. The van der Waals surface area contributed by atoms with Crippen LogP contribution < -0.4 is 19.3 Å². The molecule has 2 aliphatic rings. The second-order valence-electron chi connectivity index (χ2n) is 6.63. The van der Waals surface area contributed by atoms with Gasteiger partial charge in [-0.15, -0.1) is 0 Å². The smallest absolute Gasteiger partial charge is 0.231 e. The Bertz CT molecular complexity index is 714. The Morgan fingerprint density at radius 2 is 1.54 bits per heavy atom. The zero-order valence-corrected chi connectivity index (χ0v) is 15.3. The summed E-state index contributed by atoms with van der Waals surface area (Å²) >= 11 is 3.66. The molecular formula is C19H23BrN2O2+2. The van der Waals surface area contributed by atoms with Gasteiger partial charge in [-0.05, 0) is 24.3 Å². The fraction of sp³-hybridized carbons (Fsp3) is 0.368. The van der Waals surface area contributed by atoms with Crippen molar-refractivity contribution in [3.8, 4) is 11.5 Å². The molecule has 4 rings (SSSR count). The normalized spacial score (nSPS) is 22.5. The molecule has 2 N–H and O–H groups in total. The molecule has 126 valence electrons. The maximum atomic E-state index is 5.48. The number of piperazine rings is 1. The third-order valence-electron chi connectivity index (χ3n) is 4.95. The van der Waals surface area contributed by atoms with Crippen molar-refractivity contribution in [2.75, 3.05) is 33.0 Å². The van der Waals surface area contributed by atoms with E-state index in [0.29, 0.717) is 6.79 Å². The monoisotopic (exact) mass is 390 g/mol. The van der Waals surface area contributed by atoms with Crippen LogP contribution >= 0.6 is 15.9 Å². The van der Waals surface area contributed by atoms with Crippen LogP contribution in [0, 0.1) is 0 Å². The molecule has 1 saturated heterocycles. The Hall–Kier alpha value is -1.56. The van der Waals surface area contributed by atoms with Gasteiger partial charge in [0.15, 0.2) is 11.5 Å². The van der Waals surface area contributed by atoms with Crippen LogP contribution in [0.5, 0.6) is 11.5 Å². The molecule has 0 radical (unpaired) electrons. The van der Waals surface area contributed by atoms with E-state index in [1.54, 1.807) is 9.80 Å². The van der Waals surface area contributed by atoms with E-state index < -0.39 is 0 Å². The van der Waals surface area contributed by atoms with E-state index in [1.165, 1.54) is 41.8 Å². The summed E-state index contributed by atoms with van der Waals surface area (Å²) in [5.74, 6) is 1.77. The SMILES string of the molecule is Brc1ccccc1C[NH+]1CC[NH+](Cc2ccc3c(c2)OCO3)CC1. The predicted molar refractivity (Wildman–Crippen MR) is 95.5 cm³/mol. The predicted octanol–water partition coefficient (Wildman–Crippen LogP) is 0.661. The Labute approximate surface area is 151 Å². The van der Waals surface area contributed by atoms with Crippen molar-refractivity contribution in [2.45, 2.75) is 13.1 Å². The molecule has 0 amide bonds. The van der Waals surface area contributed by atoms with Gasteiger partial charge in [0.1, 0.15) is 39.3 Å². The van der Waals surface area contributed by atoms with E-state index in [1.807, 2.05) is 6.07 Å². The van der Waals surface area contributed by atoms with Gasteiger partial charge in [0.2, 0.25) is 6.79 Å². The van der Waals surface area contributed by atoms with Crippen molar-refractivity contribution >= 4 is 15.9 Å². The van der Waals surface area contributed by atoms with E-state index in [2.05, 4.69) is 52.3 Å². The second kappa shape index (κ2) is 7.13. The summed E-state index contributed by atoms with van der Waals surface area (Å²) < 4.78 is 12.1. The lowest BCUT2D eigenvalue weighted by Crippen LogP contribution is -3.27.